The summed E-state index contributed by atoms with van der Waals surface area (Å²) in [6.45, 7) is 2.63. The van der Waals surface area contributed by atoms with E-state index in [0.717, 1.165) is 24.0 Å². The van der Waals surface area contributed by atoms with Gasteiger partial charge in [-0.3, -0.25) is 4.79 Å². The molecule has 1 fully saturated rings. The Balaban J connectivity index is 2.10. The van der Waals surface area contributed by atoms with Gasteiger partial charge in [0.25, 0.3) is 5.91 Å². The molecule has 0 heterocycles. The Bertz CT molecular complexity index is 469. The van der Waals surface area contributed by atoms with E-state index in [0.29, 0.717) is 24.0 Å². The van der Waals surface area contributed by atoms with Gasteiger partial charge in [-0.15, -0.1) is 0 Å². The lowest BCUT2D eigenvalue weighted by molar-refractivity contribution is 0.0748. The van der Waals surface area contributed by atoms with Crippen LogP contribution in [0.15, 0.2) is 24.3 Å². The van der Waals surface area contributed by atoms with Gasteiger partial charge in [0, 0.05) is 24.6 Å². The lowest BCUT2D eigenvalue weighted by Gasteiger charge is -2.22. The molecule has 3 nitrogen and oxygen atoms in total. The second-order valence-corrected chi connectivity index (χ2v) is 5.34. The lowest BCUT2D eigenvalue weighted by Crippen LogP contribution is -2.35. The highest BCUT2D eigenvalue weighted by atomic mass is 32.1. The van der Waals surface area contributed by atoms with E-state index in [-0.39, 0.29) is 5.91 Å². The van der Waals surface area contributed by atoms with Gasteiger partial charge in [0.2, 0.25) is 0 Å². The standard InChI is InChI=1S/C14H18N2OS/c1-10-3-2-4-11(9-10)14(17)16(12-5-6-12)8-7-13(15)18/h2-4,9,12H,5-8H2,1H3,(H2,15,18). The maximum atomic E-state index is 12.4. The van der Waals surface area contributed by atoms with Gasteiger partial charge in [0.1, 0.15) is 0 Å². The first-order chi connectivity index (χ1) is 8.58. The molecular weight excluding hydrogens is 244 g/mol. The Hall–Kier alpha value is -1.42. The number of rotatable bonds is 5. The van der Waals surface area contributed by atoms with Crippen molar-refractivity contribution in [1.82, 2.24) is 4.90 Å². The van der Waals surface area contributed by atoms with E-state index in [2.05, 4.69) is 0 Å². The molecule has 1 amide bonds. The molecule has 0 atom stereocenters. The molecule has 1 aromatic rings. The molecule has 0 bridgehead atoms. The quantitative estimate of drug-likeness (QED) is 0.828. The number of benzene rings is 1. The molecule has 1 aliphatic carbocycles. The van der Waals surface area contributed by atoms with Crippen molar-refractivity contribution >= 4 is 23.1 Å². The minimum absolute atomic E-state index is 0.0949. The van der Waals surface area contributed by atoms with Crippen LogP contribution in [0.3, 0.4) is 0 Å². The van der Waals surface area contributed by atoms with E-state index in [1.165, 1.54) is 0 Å². The van der Waals surface area contributed by atoms with E-state index < -0.39 is 0 Å². The third-order valence-electron chi connectivity index (χ3n) is 3.11. The second-order valence-electron chi connectivity index (χ2n) is 4.82. The fourth-order valence-electron chi connectivity index (χ4n) is 2.01. The van der Waals surface area contributed by atoms with Gasteiger partial charge in [-0.2, -0.15) is 0 Å². The Kier molecular flexibility index (Phi) is 3.97. The van der Waals surface area contributed by atoms with Crippen molar-refractivity contribution in [1.29, 1.82) is 0 Å². The first kappa shape index (κ1) is 13.0. The Morgan fingerprint density at radius 1 is 1.50 bits per heavy atom. The minimum atomic E-state index is 0.0949. The van der Waals surface area contributed by atoms with E-state index in [1.807, 2.05) is 36.1 Å². The number of hydrogen-bond acceptors (Lipinski definition) is 2. The molecule has 2 rings (SSSR count). The van der Waals surface area contributed by atoms with Gasteiger partial charge in [0.15, 0.2) is 0 Å². The van der Waals surface area contributed by atoms with Gasteiger partial charge in [-0.05, 0) is 31.9 Å². The number of nitrogens with zero attached hydrogens (tertiary/aromatic N) is 1. The van der Waals surface area contributed by atoms with E-state index in [1.54, 1.807) is 0 Å². The summed E-state index contributed by atoms with van der Waals surface area (Å²) in [5, 5.41) is 0. The van der Waals surface area contributed by atoms with Crippen LogP contribution in [0.25, 0.3) is 0 Å². The van der Waals surface area contributed by atoms with Crippen molar-refractivity contribution in [2.24, 2.45) is 5.73 Å². The van der Waals surface area contributed by atoms with Crippen molar-refractivity contribution in [3.05, 3.63) is 35.4 Å². The summed E-state index contributed by atoms with van der Waals surface area (Å²) in [6.07, 6.45) is 2.78. The van der Waals surface area contributed by atoms with Crippen LogP contribution in [-0.2, 0) is 0 Å². The minimum Gasteiger partial charge on any atom is -0.393 e. The van der Waals surface area contributed by atoms with Crippen molar-refractivity contribution in [3.8, 4) is 0 Å². The molecule has 0 unspecified atom stereocenters. The SMILES string of the molecule is Cc1cccc(C(=O)N(CCC(N)=S)C2CC2)c1. The van der Waals surface area contributed by atoms with Crippen LogP contribution in [-0.4, -0.2) is 28.4 Å². The van der Waals surface area contributed by atoms with Crippen molar-refractivity contribution in [2.45, 2.75) is 32.2 Å². The zero-order valence-electron chi connectivity index (χ0n) is 10.6. The molecule has 0 aromatic heterocycles. The van der Waals surface area contributed by atoms with Crippen molar-refractivity contribution in [3.63, 3.8) is 0 Å². The molecule has 1 aromatic carbocycles. The van der Waals surface area contributed by atoms with E-state index in [9.17, 15) is 4.79 Å². The van der Waals surface area contributed by atoms with E-state index in [4.69, 9.17) is 18.0 Å². The maximum absolute atomic E-state index is 12.4. The Morgan fingerprint density at radius 2 is 2.22 bits per heavy atom. The largest absolute Gasteiger partial charge is 0.393 e. The fourth-order valence-corrected chi connectivity index (χ4v) is 2.10. The average molecular weight is 262 g/mol. The molecule has 96 valence electrons. The van der Waals surface area contributed by atoms with Crippen LogP contribution in [0, 0.1) is 6.92 Å². The lowest BCUT2D eigenvalue weighted by atomic mass is 10.1. The summed E-state index contributed by atoms with van der Waals surface area (Å²) < 4.78 is 0. The molecule has 1 saturated carbocycles. The zero-order valence-corrected chi connectivity index (χ0v) is 11.4. The summed E-state index contributed by atoms with van der Waals surface area (Å²) in [5.74, 6) is 0.0949. The smallest absolute Gasteiger partial charge is 0.254 e. The summed E-state index contributed by atoms with van der Waals surface area (Å²) in [5.41, 5.74) is 7.37. The number of carbonyl (C=O) groups excluding carboxylic acids is 1. The number of carbonyl (C=O) groups is 1. The molecular formula is C14H18N2OS. The predicted molar refractivity (Wildman–Crippen MR) is 76.6 cm³/mol. The number of hydrogen-bond donors (Lipinski definition) is 1. The third kappa shape index (κ3) is 3.29. The summed E-state index contributed by atoms with van der Waals surface area (Å²) in [4.78, 5) is 14.8. The van der Waals surface area contributed by atoms with E-state index >= 15 is 0 Å². The molecule has 0 saturated heterocycles. The highest BCUT2D eigenvalue weighted by Gasteiger charge is 2.32. The normalized spacial score (nSPS) is 14.3. The number of thiocarbonyl (C=S) groups is 1. The highest BCUT2D eigenvalue weighted by Crippen LogP contribution is 2.28. The monoisotopic (exact) mass is 262 g/mol. The molecule has 18 heavy (non-hydrogen) atoms. The summed E-state index contributed by atoms with van der Waals surface area (Å²) in [7, 11) is 0. The Morgan fingerprint density at radius 3 is 2.78 bits per heavy atom. The van der Waals surface area contributed by atoms with Gasteiger partial charge in [-0.1, -0.05) is 29.9 Å². The molecule has 2 N–H and O–H groups in total. The van der Waals surface area contributed by atoms with Crippen LogP contribution >= 0.6 is 12.2 Å². The molecule has 0 radical (unpaired) electrons. The topological polar surface area (TPSA) is 46.3 Å². The van der Waals surface area contributed by atoms with Gasteiger partial charge in [-0.25, -0.2) is 0 Å². The summed E-state index contributed by atoms with van der Waals surface area (Å²) in [6, 6.07) is 8.09. The van der Waals surface area contributed by atoms with Gasteiger partial charge in [0.05, 0.1) is 4.99 Å². The summed E-state index contributed by atoms with van der Waals surface area (Å²) >= 11 is 4.88. The van der Waals surface area contributed by atoms with Gasteiger partial charge >= 0.3 is 0 Å². The van der Waals surface area contributed by atoms with Crippen LogP contribution in [0.4, 0.5) is 0 Å². The molecule has 4 heteroatoms. The molecule has 0 spiro atoms. The number of nitrogens with two attached hydrogens (primary N) is 1. The molecule has 0 aliphatic heterocycles. The molecule has 1 aliphatic rings. The predicted octanol–water partition coefficient (Wildman–Crippen LogP) is 2.28. The Labute approximate surface area is 113 Å². The first-order valence-electron chi connectivity index (χ1n) is 6.24. The van der Waals surface area contributed by atoms with Crippen molar-refractivity contribution < 1.29 is 4.79 Å². The van der Waals surface area contributed by atoms with Crippen LogP contribution in [0.5, 0.6) is 0 Å². The van der Waals surface area contributed by atoms with Crippen molar-refractivity contribution in [2.75, 3.05) is 6.54 Å². The maximum Gasteiger partial charge on any atom is 0.254 e. The fraction of sp³-hybridized carbons (Fsp3) is 0.429. The number of amides is 1. The zero-order chi connectivity index (χ0) is 13.1. The average Bonchev–Trinajstić information content (AvgIpc) is 3.13. The first-order valence-corrected chi connectivity index (χ1v) is 6.64. The van der Waals surface area contributed by atoms with Crippen LogP contribution in [0.1, 0.15) is 35.2 Å². The van der Waals surface area contributed by atoms with Crippen LogP contribution < -0.4 is 5.73 Å². The highest BCUT2D eigenvalue weighted by molar-refractivity contribution is 7.80. The van der Waals surface area contributed by atoms with Crippen LogP contribution in [0.2, 0.25) is 0 Å². The number of aryl methyl sites for hydroxylation is 1. The van der Waals surface area contributed by atoms with Gasteiger partial charge < -0.3 is 10.6 Å². The second kappa shape index (κ2) is 5.48. The third-order valence-corrected chi connectivity index (χ3v) is 3.32.